The van der Waals surface area contributed by atoms with Gasteiger partial charge in [0.25, 0.3) is 6.02 Å². The summed E-state index contributed by atoms with van der Waals surface area (Å²) in [6.45, 7) is 3.93. The third-order valence-electron chi connectivity index (χ3n) is 8.87. The molecule has 0 radical (unpaired) electrons. The lowest BCUT2D eigenvalue weighted by Crippen LogP contribution is -2.75. The van der Waals surface area contributed by atoms with E-state index in [0.717, 1.165) is 37.0 Å². The average molecular weight is 455 g/mol. The molecule has 2 aromatic rings. The van der Waals surface area contributed by atoms with Crippen LogP contribution in [-0.2, 0) is 21.4 Å². The van der Waals surface area contributed by atoms with Crippen LogP contribution in [0.3, 0.4) is 0 Å². The zero-order valence-electron chi connectivity index (χ0n) is 19.6. The minimum atomic E-state index is -0.571. The number of aryl methyl sites for hydroxylation is 1. The number of fused-ring (bicyclic) bond motifs is 5. The van der Waals surface area contributed by atoms with Gasteiger partial charge in [-0.25, -0.2) is 4.99 Å². The Morgan fingerprint density at radius 1 is 0.971 bits per heavy atom. The Morgan fingerprint density at radius 3 is 2.53 bits per heavy atom. The standard InChI is InChI=1S/C29H30N2O3/c1-19-7-8-20-5-2-3-6-21(20)14-23(13-19)22-9-10-25-24(15-22)29(18-33-26(30)31-29)27(16-32-17-27)28(34-25)11-4-12-28/h2-3,5-6,9-10,13-15H,4,7-8,11-12,16-18H2,1H3,(H2,30,31). The van der Waals surface area contributed by atoms with Gasteiger partial charge in [-0.1, -0.05) is 42.0 Å². The predicted octanol–water partition coefficient (Wildman–Crippen LogP) is 4.99. The van der Waals surface area contributed by atoms with Gasteiger partial charge in [0.15, 0.2) is 0 Å². The molecule has 0 amide bonds. The predicted molar refractivity (Wildman–Crippen MR) is 133 cm³/mol. The van der Waals surface area contributed by atoms with Gasteiger partial charge in [-0.3, -0.25) is 0 Å². The second-order valence-corrected chi connectivity index (χ2v) is 10.6. The highest BCUT2D eigenvalue weighted by Crippen LogP contribution is 2.67. The number of nitrogens with zero attached hydrogens (tertiary/aromatic N) is 1. The Labute approximate surface area is 200 Å². The molecule has 2 fully saturated rings. The lowest BCUT2D eigenvalue weighted by molar-refractivity contribution is -0.281. The number of amidine groups is 1. The lowest BCUT2D eigenvalue weighted by Gasteiger charge is -2.66. The molecule has 5 aliphatic rings. The molecule has 3 heterocycles. The summed E-state index contributed by atoms with van der Waals surface area (Å²) in [5, 5.41) is 0. The van der Waals surface area contributed by atoms with Gasteiger partial charge in [-0.2, -0.15) is 0 Å². The highest BCUT2D eigenvalue weighted by atomic mass is 16.5. The summed E-state index contributed by atoms with van der Waals surface area (Å²) in [6.07, 6.45) is 9.99. The van der Waals surface area contributed by atoms with Crippen molar-refractivity contribution in [2.45, 2.75) is 50.2 Å². The summed E-state index contributed by atoms with van der Waals surface area (Å²) in [6, 6.07) is 15.6. The number of nitrogens with two attached hydrogens (primary N) is 1. The third kappa shape index (κ3) is 2.56. The first-order chi connectivity index (χ1) is 16.5. The fourth-order valence-corrected chi connectivity index (χ4v) is 6.71. The second kappa shape index (κ2) is 6.98. The summed E-state index contributed by atoms with van der Waals surface area (Å²) in [7, 11) is 0. The van der Waals surface area contributed by atoms with E-state index in [2.05, 4.69) is 61.5 Å². The van der Waals surface area contributed by atoms with Crippen LogP contribution in [0.5, 0.6) is 5.75 Å². The fourth-order valence-electron chi connectivity index (χ4n) is 6.71. The van der Waals surface area contributed by atoms with Crippen molar-refractivity contribution in [1.82, 2.24) is 0 Å². The number of ether oxygens (including phenoxy) is 3. The van der Waals surface area contributed by atoms with Crippen LogP contribution in [0.1, 0.15) is 54.9 Å². The van der Waals surface area contributed by atoms with Gasteiger partial charge in [0, 0.05) is 5.56 Å². The van der Waals surface area contributed by atoms with Gasteiger partial charge >= 0.3 is 0 Å². The maximum Gasteiger partial charge on any atom is 0.283 e. The first-order valence-corrected chi connectivity index (χ1v) is 12.4. The van der Waals surface area contributed by atoms with E-state index < -0.39 is 5.54 Å². The van der Waals surface area contributed by atoms with Crippen molar-refractivity contribution in [2.75, 3.05) is 19.8 Å². The van der Waals surface area contributed by atoms with Crippen LogP contribution >= 0.6 is 0 Å². The van der Waals surface area contributed by atoms with Crippen molar-refractivity contribution in [1.29, 1.82) is 0 Å². The summed E-state index contributed by atoms with van der Waals surface area (Å²) in [4.78, 5) is 5.02. The van der Waals surface area contributed by atoms with E-state index in [1.54, 1.807) is 0 Å². The molecule has 1 unspecified atom stereocenters. The average Bonchev–Trinajstić information content (AvgIpc) is 3.16. The summed E-state index contributed by atoms with van der Waals surface area (Å²) in [5.41, 5.74) is 12.6. The highest BCUT2D eigenvalue weighted by Gasteiger charge is 2.75. The first kappa shape index (κ1) is 20.3. The number of rotatable bonds is 1. The molecular weight excluding hydrogens is 424 g/mol. The minimum Gasteiger partial charge on any atom is -0.486 e. The maximum atomic E-state index is 6.82. The minimum absolute atomic E-state index is 0.237. The van der Waals surface area contributed by atoms with Crippen molar-refractivity contribution >= 4 is 17.7 Å². The summed E-state index contributed by atoms with van der Waals surface area (Å²) in [5.74, 6) is 0.913. The Balaban J connectivity index is 1.42. The molecule has 7 rings (SSSR count). The van der Waals surface area contributed by atoms with E-state index in [1.807, 2.05) is 0 Å². The van der Waals surface area contributed by atoms with Crippen molar-refractivity contribution in [3.05, 3.63) is 76.4 Å². The molecule has 0 aromatic heterocycles. The summed E-state index contributed by atoms with van der Waals surface area (Å²) < 4.78 is 18.5. The molecule has 2 aromatic carbocycles. The largest absolute Gasteiger partial charge is 0.486 e. The van der Waals surface area contributed by atoms with Crippen LogP contribution in [0, 0.1) is 5.41 Å². The van der Waals surface area contributed by atoms with Crippen molar-refractivity contribution < 1.29 is 14.2 Å². The van der Waals surface area contributed by atoms with Crippen LogP contribution < -0.4 is 10.5 Å². The molecule has 174 valence electrons. The van der Waals surface area contributed by atoms with Gasteiger partial charge in [0.2, 0.25) is 0 Å². The highest BCUT2D eigenvalue weighted by molar-refractivity contribution is 5.89. The quantitative estimate of drug-likeness (QED) is 0.659. The first-order valence-electron chi connectivity index (χ1n) is 12.4. The van der Waals surface area contributed by atoms with Crippen LogP contribution in [0.4, 0.5) is 0 Å². The molecule has 3 aliphatic heterocycles. The molecule has 3 spiro atoms. The molecule has 34 heavy (non-hydrogen) atoms. The third-order valence-corrected chi connectivity index (χ3v) is 8.87. The normalized spacial score (nSPS) is 27.6. The van der Waals surface area contributed by atoms with E-state index in [4.69, 9.17) is 24.9 Å². The Bertz CT molecular complexity index is 1280. The zero-order chi connectivity index (χ0) is 23.0. The number of hydrogen-bond acceptors (Lipinski definition) is 5. The molecule has 5 heteroatoms. The van der Waals surface area contributed by atoms with E-state index in [9.17, 15) is 0 Å². The van der Waals surface area contributed by atoms with E-state index in [1.165, 1.54) is 34.3 Å². The van der Waals surface area contributed by atoms with Gasteiger partial charge in [0.05, 0.1) is 18.6 Å². The Kier molecular flexibility index (Phi) is 4.18. The zero-order valence-corrected chi connectivity index (χ0v) is 19.6. The van der Waals surface area contributed by atoms with E-state index >= 15 is 0 Å². The molecule has 2 aliphatic carbocycles. The smallest absolute Gasteiger partial charge is 0.283 e. The van der Waals surface area contributed by atoms with Gasteiger partial charge in [0.1, 0.15) is 23.5 Å². The molecule has 2 N–H and O–H groups in total. The van der Waals surface area contributed by atoms with Crippen molar-refractivity contribution in [2.24, 2.45) is 16.1 Å². The van der Waals surface area contributed by atoms with Crippen LogP contribution in [0.25, 0.3) is 11.6 Å². The van der Waals surface area contributed by atoms with Gasteiger partial charge in [-0.15, -0.1) is 0 Å². The van der Waals surface area contributed by atoms with Crippen LogP contribution in [0.2, 0.25) is 0 Å². The van der Waals surface area contributed by atoms with E-state index in [0.29, 0.717) is 19.8 Å². The number of allylic oxidation sites excluding steroid dienone is 3. The number of benzene rings is 2. The fraction of sp³-hybridized carbons (Fsp3) is 0.414. The topological polar surface area (TPSA) is 66.1 Å². The van der Waals surface area contributed by atoms with Crippen molar-refractivity contribution in [3.63, 3.8) is 0 Å². The Hall–Kier alpha value is -3.05. The van der Waals surface area contributed by atoms with Gasteiger partial charge in [-0.05, 0) is 79.5 Å². The van der Waals surface area contributed by atoms with Crippen LogP contribution in [0.15, 0.2) is 59.1 Å². The monoisotopic (exact) mass is 454 g/mol. The van der Waals surface area contributed by atoms with E-state index in [-0.39, 0.29) is 17.0 Å². The molecule has 5 nitrogen and oxygen atoms in total. The number of hydrogen-bond donors (Lipinski definition) is 1. The van der Waals surface area contributed by atoms with Crippen molar-refractivity contribution in [3.8, 4) is 5.75 Å². The SMILES string of the molecule is CC1=CC(c2ccc3c(c2)C2(COC(N)=N2)C2(COC2)C2(CCC2)O3)=Cc2ccccc2CC1. The van der Waals surface area contributed by atoms with Crippen LogP contribution in [-0.4, -0.2) is 31.4 Å². The second-order valence-electron chi connectivity index (χ2n) is 10.6. The number of aliphatic imine (C=N–C) groups is 1. The van der Waals surface area contributed by atoms with Gasteiger partial charge < -0.3 is 19.9 Å². The molecule has 1 saturated carbocycles. The Morgan fingerprint density at radius 2 is 1.82 bits per heavy atom. The summed E-state index contributed by atoms with van der Waals surface area (Å²) >= 11 is 0. The molecule has 1 saturated heterocycles. The lowest BCUT2D eigenvalue weighted by atomic mass is 9.49. The molecular formula is C29H30N2O3. The molecule has 0 bridgehead atoms. The molecule has 1 atom stereocenters. The maximum absolute atomic E-state index is 6.82.